The van der Waals surface area contributed by atoms with Gasteiger partial charge >= 0.3 is 0 Å². The summed E-state index contributed by atoms with van der Waals surface area (Å²) in [5.74, 6) is 0. The maximum absolute atomic E-state index is 5.75. The first-order valence-electron chi connectivity index (χ1n) is 420. The largest absolute Gasteiger partial charge is 0.0776 e. The minimum absolute atomic E-state index is 0. The quantitative estimate of drug-likeness (QED) is 0.227. The van der Waals surface area contributed by atoms with Gasteiger partial charge in [-0.05, 0) is 0 Å². The molecule has 0 aliphatic rings. The Bertz CT molecular complexity index is 65.3. The SMILES string of the molecule is C.C.C.C.[3H]C.[3H]C.[3H]C.[3H]C.[3H][3H].[3H][3H].[3H][3H].[3H][3H].[3H][3H].[3H][3H].[3H][3H].[3H][3H].[3H][3H].[3H][3H].[3H][3H].[3H][3H].[3H][3H].[3H][3H].[3H][3H].[3H][3H].[3H][3H].[3H][3H].[3H][3H].[3H][3H].[3H][3H].[3H][3H].[3H][3H].[3H][3H].[3H][3H].[3H][3H].[3H][3H].[3H][3H].[3H][3H].[3H][3H].[3H][3H].[3H][3H].[3H][3H].[3H][3H].[3H][3H].[3H][3H].[3H][3H].[3H][3H].[3H][3H].[3H][3H].[3H][3H].[3H][3H].[3H][3H].[3H][3H].[3H][3H].[3H][3H].[3H][3H].[3H][3H].[3H][3H].[3H][3H].[3H][3H].[3H][3H].[3H][3H].[3H][3H].[3H][3H].[3H][3H].[3H][3H].[3H][3H].[3H][3H].[3H][3H].[3H][3H].[3H][3H].[3H][3H].[3H][3H].[3H][3H].[3H][3H].[3H][3H].[3H][3H].[3H][3H].[3H][3H].[3H][3H].[3H][3H].[3H][3H].[3H][3H].[3H][3H].[3H][3H].[3H][3H].[3H][3H].[3H][3H].[3H][3H].[3H][3H].[3H][3H].[3H][3H].[3H][3H].[3H][3H].[3H][3H].[3H][3H].[3H][3H].[3H][3H].[3H][3H].[3H][3H].[3H][3H].[3H][3H].[3H][3H].[3H][3H].[3H][3H].[3H][3H].[3H][3H].[3H][3H].[3H][3H].[3H][3H].[3H][3H].[3H][3H].[3H][3H].[3H][3H].[3H][3H].[3H][3H].[3H][3H].[3H][3H].[3H][3H].[3H][3H].[3H][3H].[3H][3H].[3H][3H].[3H][3H].[3H][3H].[3H][3H].[3H][3H].[3H][3H].[3H][3H].[3H][3H].[3H][3H].[3H][3H].[3H][3H].[3H][3H].[3H][3H].[3H][3H].[3H][3H].[3H][3H].[3H][3H].[3H][3H].[3H][3H].[3H][3H].[3H][3H].[3H][3H].[3H][3H].[3H][3H].[3H][3H].[3H][3H].[3H][3H].[3H][3H].[3H][3H].[3H][3H].[3H][3H].[3H][3H].[3H][3H].[3H][3H].[3H][3H].[3H][3H].[3H][3H].[3H][3H].[3H][3H].[3H][3H].[3H][3H].[3H][3H].[3H][3H].[3H][3H].[3H][3H].[3H][3H].[3H][3H].[3H][3H].[3H][3H].[3H][3H].[3H][3H].[3H][3H].[3H][3H].[3H][3H].[3H][3H].[3H][3H].[3H][3H].[3H][3H].[3H][3H].[3H][3H].[3H][3H].[3H][3H].[3H][3H].[3H][3H].[3H][3H].[3H][3H].[3H][3H].[3H][3H].[3H][3H].[3H][3H].[3H][3H].[3H][3H].[3H][3H].[3H][3H].[3H][3H].[3H][3H].[3H][3H].[3H][3H].[3H][3H].[3H][3H].[3H][3H].[3H][3H].[3H][3H].[3H][3H].[3H][3H].[3H][3H].[3H][3H].[3H][3H].[3H][3H].[3H][3H].[3H][3H].[3H][3H].[3H][3H].[3H][3H].[3H][3H].[3H][3H].[3H][3H].[3H][3H].[3H][3H].[3H][3H].[3H][3H].[3H][3H].[3H][3H].[3H][3H].[3H][3H].[3H][3H].[3H][3H].[3H][3H].[3H][3H].[3H][3H].[3H][3H].[3H][3H].[3H][3H].[3H][3H].[3H][3H].[3H][3H].[3H][3H].[3H][3H].[3H][3H].[3H][3H].[3H][3H].[3H][3H].[3H][3H].[3H][3H].[3H][3H].[3H][3H].[3H][3H].[3H][3H].[3H][3H].[3H][3H].[3H][3H].[3H][3H].[3H][3H].[3H][3H].[3H][3H].[3H][3H].[3H][3H].[3H][3H].[3H][3H].[3H][3H].[3H][3H].[3H][3H].[3H][3H].[3H][3H].[3H][3H].[3H][3H].[3H][3H].[3H][3H].[3H][3H].[3H][3H].[3H][3H].[3H][3H].[3H][3H].[3H][3H].[3H][3H].[3H][3H].[3H][3H].[3H][3H].[3H][3H].[3H][3H].[3H][3H].[3H][3H].[3H][3H].[3H][3H].[3H][3H].[3H][3H].[3H][3H].[3H][3H].[3H][3H].[3H][3H].[3H][3H].[3H][3H].[3H][3H].[3H][3H].[3H][3H].[3H][3H].[3H][3H].[3H][3H].[3H][3H].[3H][3H].[3H][3H].[3H][3H].[3H][3H].[3H][3H].[3H][3H].[3H][3H].[3H][3H].[3H][3H].[3H][3H].[3H][3H].[3H][3H].[3H][3H].[3H][3H].[3H][3H].[3H][3H].[3H][3H].[3H][3H].[3H][3H].[3H][3H].[3H][3H].[3H][3H].[3H][3H].[3H][3H].[3H][3H].[3H][3H].[3H][3H].[3H][3H].[3H][3H].[3H][3H].[3H][3H].[3H][3H].[3H][3H].[3H][3H].[3H][3H].[3H][3H].[3H][3H].[3H][3H].[3H][3H].[3H][3H].[3H][3H].[3H][3H].[3H][3H].[3H][3H].[3H][3H].[3H][3H].[3H][3H].[3H][3H].[3H][3H].[3H][3H].[3H][3H].[3H][3H].[3H][3H].[3H][3H].[3H][3H].[3H][3H].[3H][3H].[3H][3H].[3H][3H].[3H][3H].[3H][3H].[3H][3H].[3H][3H].[3H][3H].[3H][3H].[3H][3H].[3H][3H].[3H][3H].[3H][3H].[3H][3H].[3H][3H].[3H][3H].[3H][3H].[3H][3H].[3H][3H].[3H][3H].[3H][3H].[3H][3H].[3H][3H].[3H][3H].[3H][3H].[3H][3H].[3H][3H].[3H][3H].[3H][3H].[3H][3H].[3H][3H].[3H][3H].[3H][3H].[3H][3H].[3H][3H].[3H][3H].[3H][3H].[3H][3H].[3H][3H].[3H][3H].[3H][3H].[3H][3H].[3H][3H].[3H][3H].[3H][3H].[3H][3H].[3H][3H].[3H][3H].[3H][3H].[3H][3H].[3H][3H].[3H][3H].[3H][3H].[3H][3H].[3H][3H].[3H][3H].[3H][3H].[3H][3H].[3H][3H].[3H][3H].[3H][3H].[3H][3H].[3H][3H].[3H][3H].[3H][3H].[3H][3H].[3H][3H].[3H][3H]. The second-order valence-electron chi connectivity index (χ2n) is 0. The van der Waals surface area contributed by atoms with E-state index in [0.29, 0.717) is 0 Å². The number of rotatable bonds is 0. The van der Waals surface area contributed by atoms with Gasteiger partial charge in [-0.15, -0.1) is 0 Å². The third-order valence-corrected chi connectivity index (χ3v) is 0. The predicted octanol–water partition coefficient (Wildman–Crippen LogP) is 107. The molecule has 0 rings (SSSR count). The Hall–Kier alpha value is 0. The first kappa shape index (κ1) is 0.00222. The lowest BCUT2D eigenvalue weighted by Gasteiger charge is -0.0786. The fraction of sp³-hybridized carbons (Fsp3) is 1.00. The van der Waals surface area contributed by atoms with E-state index in [-0.39, 0.29) is 29.7 Å². The highest BCUT2D eigenvalue weighted by atomic mass is 12.0. The minimum atomic E-state index is 0. The zero-order valence-electron chi connectivity index (χ0n) is 840. The van der Waals surface area contributed by atoms with Gasteiger partial charge in [0.1, 0.15) is 0 Å². The zero-order chi connectivity index (χ0) is 840. The van der Waals surface area contributed by atoms with E-state index in [1.165, 1.54) is 29.6 Å². The van der Waals surface area contributed by atoms with Crippen molar-refractivity contribution in [3.8, 4) is 0 Å². The molecule has 0 aromatic heterocycles. The maximum Gasteiger partial charge on any atom is 0.0194 e. The van der Waals surface area contributed by atoms with E-state index in [0.717, 1.165) is 0 Å². The Kier molecular flexibility index (Phi) is 0. The van der Waals surface area contributed by atoms with E-state index in [1.807, 2.05) is 0 Å². The van der Waals surface area contributed by atoms with Gasteiger partial charge in [-0.1, -0.05) is 59.3 Å². The van der Waals surface area contributed by atoms with Crippen molar-refractivity contribution in [3.63, 3.8) is 0 Å². The Morgan fingerprint density at radius 2 is 0.625 bits per heavy atom. The van der Waals surface area contributed by atoms with Gasteiger partial charge in [0.05, 0.1) is 0 Å². The highest BCUT2D eigenvalue weighted by Gasteiger charge is -0.0706. The summed E-state index contributed by atoms with van der Waals surface area (Å²) in [6, 6.07) is 0. The topological polar surface area (TPSA) is 0 Å². The second-order valence-corrected chi connectivity index (χ2v) is 0. The summed E-state index contributed by atoms with van der Waals surface area (Å²) in [4.78, 5) is 0. The zero-order valence-corrected chi connectivity index (χ0v) is 4.00. The summed E-state index contributed by atoms with van der Waals surface area (Å²) in [7, 11) is 5.00. The standard InChI is InChI=1S/8CH4.416H2/h8*1H4;416*1H/i4*1T;;;;;416*1+2T. The predicted molar refractivity (Wildman–Crippen MR) is 933 cm³/mol. The first-order valence-corrected chi connectivity index (χ1v) is 0. The fourth-order valence-electron chi connectivity index (χ4n) is 0. The normalized spacial score (nSPS) is 420. The third-order valence-electron chi connectivity index (χ3n) is 0. The molecule has 0 bridgehead atoms. The summed E-state index contributed by atoms with van der Waals surface area (Å²) in [5, 5.41) is 0. The highest BCUT2D eigenvalue weighted by molar-refractivity contribution is 2.51. The van der Waals surface area contributed by atoms with Crippen LogP contribution in [0.15, 0.2) is 0 Å². The number of hydrogen-bond acceptors (Lipinski definition) is 0. The van der Waals surface area contributed by atoms with Crippen LogP contribution in [-0.4, -0.2) is 0 Å². The lowest BCUT2D eigenvalue weighted by Crippen LogP contribution is 0.143. The van der Waals surface area contributed by atoms with Gasteiger partial charge < -0.3 is 0 Å². The minimum Gasteiger partial charge on any atom is -0.0776 e. The molecule has 0 nitrogen and oxygen atoms in total. The molecule has 0 heterocycles. The summed E-state index contributed by atoms with van der Waals surface area (Å²) in [6.45, 7) is 0. The summed E-state index contributed by atoms with van der Waals surface area (Å²) in [6.07, 6.45) is 0. The molecule has 0 saturated heterocycles. The van der Waals surface area contributed by atoms with Gasteiger partial charge in [-0.3, -0.25) is 0 Å². The molecule has 0 heteroatoms. The van der Waals surface area contributed by atoms with Gasteiger partial charge in [0.25, 0.3) is 0 Å². The molecule has 0 unspecified atom stereocenters. The van der Waals surface area contributed by atoms with Crippen molar-refractivity contribution in [2.45, 2.75) is 59.3 Å². The van der Waals surface area contributed by atoms with Crippen molar-refractivity contribution in [2.75, 3.05) is 0 Å². The van der Waals surface area contributed by atoms with Gasteiger partial charge in [-0.25, -0.2) is 0 Å². The van der Waals surface area contributed by atoms with Crippen LogP contribution in [0.1, 0.15) is 1300 Å². The first-order chi connectivity index (χ1) is 420. The molecule has 0 atom stereocenters. The van der Waals surface area contributed by atoms with Crippen LogP contribution in [-0.2, 0) is 0 Å². The van der Waals surface area contributed by atoms with Crippen LogP contribution in [0.3, 0.4) is 0 Å². The number of hydrogen-bond donors (Lipinski definition) is 0. The monoisotopic (exact) mass is 2650 g/mol. The van der Waals surface area contributed by atoms with E-state index >= 15 is 0 Å². The lowest BCUT2D eigenvalue weighted by molar-refractivity contribution is 2.50. The van der Waals surface area contributed by atoms with Crippen LogP contribution < -0.4 is 0 Å². The average Bonchev–Trinajstić information content (AvgIpc) is 5.40. The molecular formula is C8H864. The van der Waals surface area contributed by atoms with Crippen LogP contribution in [0.25, 0.3) is 0 Å². The molecule has 0 aliphatic heterocycles. The van der Waals surface area contributed by atoms with Crippen molar-refractivity contribution in [3.05, 3.63) is 0 Å². The Morgan fingerprint density at radius 1 is 0.625 bits per heavy atom. The Labute approximate surface area is 1350 Å². The van der Waals surface area contributed by atoms with Crippen LogP contribution in [0.5, 0.6) is 0 Å². The molecule has 0 N–H and O–H groups in total. The van der Waals surface area contributed by atoms with Crippen LogP contribution in [0.2, 0.25) is 0 Å². The smallest absolute Gasteiger partial charge is 0.0194 e. The van der Waals surface area contributed by atoms with E-state index < -0.39 is 0 Å². The molecule has 0 radical (unpaired) electrons. The second kappa shape index (κ2) is 0. The van der Waals surface area contributed by atoms with Crippen molar-refractivity contribution >= 4 is 0 Å². The molecule has 0 fully saturated rings. The lowest BCUT2D eigenvalue weighted by atomic mass is 12.0. The van der Waals surface area contributed by atoms with Gasteiger partial charge in [0, 0.05) is 1240 Å². The van der Waals surface area contributed by atoms with Crippen molar-refractivity contribution in [1.82, 2.24) is 0 Å². The third kappa shape index (κ3) is 0. The van der Waals surface area contributed by atoms with E-state index in [2.05, 4.69) is 0 Å². The van der Waals surface area contributed by atoms with Gasteiger partial charge in [-0.2, -0.15) is 0 Å². The van der Waals surface area contributed by atoms with Crippen molar-refractivity contribution in [2.24, 2.45) is 0 Å². The van der Waals surface area contributed by atoms with E-state index in [1.54, 1.807) is 0 Å². The van der Waals surface area contributed by atoms with Crippen LogP contribution >= 0.6 is 0 Å². The molecular weight excluding hydrogens is 96.1 g/mol. The average molecular weight is 2650 g/mol. The van der Waals surface area contributed by atoms with Crippen LogP contribution in [0, 0.1) is 0 Å². The van der Waals surface area contributed by atoms with E-state index in [9.17, 15) is 0 Å². The fourth-order valence-corrected chi connectivity index (χ4v) is 0. The highest BCUT2D eigenvalue weighted by Crippen LogP contribution is 0.151. The molecule has 0 saturated carbocycles. The van der Waals surface area contributed by atoms with Gasteiger partial charge in [0.2, 0.25) is 0 Å². The van der Waals surface area contributed by atoms with Crippen molar-refractivity contribution in [1.29, 1.82) is 0 Å². The molecule has 0 amide bonds. The molecule has 0 aromatic carbocycles. The molecule has 8 heavy (non-hydrogen) atoms. The Balaban J connectivity index is -0.00000000496. The molecule has 896 valence electrons. The van der Waals surface area contributed by atoms with Crippen LogP contribution in [0.4, 0.5) is 0 Å². The molecule has 0 spiro atoms. The maximum atomic E-state index is 5.75. The summed E-state index contributed by atoms with van der Waals surface area (Å²) >= 11 is 0. The Morgan fingerprint density at radius 3 is 0.625 bits per heavy atom. The summed E-state index contributed by atoms with van der Waals surface area (Å²) < 4.78 is 4180. The van der Waals surface area contributed by atoms with Crippen molar-refractivity contribution < 1.29 is 1240 Å². The summed E-state index contributed by atoms with van der Waals surface area (Å²) in [5.41, 5.74) is 0. The van der Waals surface area contributed by atoms with Gasteiger partial charge in [0.15, 0.2) is 0 Å². The molecule has 0 aliphatic carbocycles. The van der Waals surface area contributed by atoms with E-state index in [4.69, 9.17) is 1240 Å². The molecule has 0 aromatic rings.